The number of benzene rings is 1. The quantitative estimate of drug-likeness (QED) is 0.608. The van der Waals surface area contributed by atoms with Crippen molar-refractivity contribution >= 4 is 0 Å². The third kappa shape index (κ3) is 26.0. The highest BCUT2D eigenvalue weighted by atomic mass is 16.5. The lowest BCUT2D eigenvalue weighted by molar-refractivity contribution is 0.192. The summed E-state index contributed by atoms with van der Waals surface area (Å²) in [6.07, 6.45) is 2.33. The van der Waals surface area contributed by atoms with Crippen molar-refractivity contribution in [3.8, 4) is 0 Å². The van der Waals surface area contributed by atoms with Crippen LogP contribution in [0.4, 0.5) is 0 Å². The van der Waals surface area contributed by atoms with Crippen LogP contribution in [-0.2, 0) is 16.0 Å². The Morgan fingerprint density at radius 3 is 1.88 bits per heavy atom. The van der Waals surface area contributed by atoms with Crippen molar-refractivity contribution in [2.75, 3.05) is 47.6 Å². The highest BCUT2D eigenvalue weighted by Gasteiger charge is 1.91. The van der Waals surface area contributed by atoms with Gasteiger partial charge in [-0.3, -0.25) is 0 Å². The smallest absolute Gasteiger partial charge is 0.0462 e. The zero-order chi connectivity index (χ0) is 18.9. The molecule has 0 saturated carbocycles. The van der Waals surface area contributed by atoms with Crippen molar-refractivity contribution in [2.24, 2.45) is 0 Å². The van der Waals surface area contributed by atoms with Crippen LogP contribution in [0, 0.1) is 0 Å². The molecule has 0 spiro atoms. The number of hydrogen-bond donors (Lipinski definition) is 2. The number of nitrogens with one attached hydrogen (secondary N) is 2. The molecule has 0 amide bonds. The SMILES string of the molecule is CC.CC.COC.COCCCCNCCNCc1ccccc1.[HH].[HH]. The van der Waals surface area contributed by atoms with E-state index < -0.39 is 0 Å². The Morgan fingerprint density at radius 1 is 0.792 bits per heavy atom. The van der Waals surface area contributed by atoms with Gasteiger partial charge in [0.1, 0.15) is 0 Å². The van der Waals surface area contributed by atoms with E-state index in [0.717, 1.165) is 39.2 Å². The number of unbranched alkanes of at least 4 members (excludes halogenated alkanes) is 1. The van der Waals surface area contributed by atoms with Gasteiger partial charge >= 0.3 is 0 Å². The lowest BCUT2D eigenvalue weighted by atomic mass is 10.2. The minimum absolute atomic E-state index is 0. The predicted octanol–water partition coefficient (Wildman–Crippen LogP) is 4.60. The molecule has 0 aliphatic heterocycles. The fraction of sp³-hybridized carbons (Fsp3) is 0.700. The van der Waals surface area contributed by atoms with E-state index in [1.165, 1.54) is 12.0 Å². The molecule has 148 valence electrons. The van der Waals surface area contributed by atoms with Gasteiger partial charge < -0.3 is 20.1 Å². The van der Waals surface area contributed by atoms with E-state index in [-0.39, 0.29) is 2.85 Å². The van der Waals surface area contributed by atoms with Crippen molar-refractivity contribution in [3.05, 3.63) is 35.9 Å². The Labute approximate surface area is 154 Å². The zero-order valence-corrected chi connectivity index (χ0v) is 17.2. The lowest BCUT2D eigenvalue weighted by Crippen LogP contribution is -2.27. The molecule has 0 unspecified atom stereocenters. The molecular formula is C20H46N2O2. The molecule has 4 heteroatoms. The van der Waals surface area contributed by atoms with Gasteiger partial charge in [-0.05, 0) is 24.9 Å². The standard InChI is InChI=1S/C14H24N2O.C2H6O.2C2H6.2H2/c1-17-12-6-5-9-15-10-11-16-13-14-7-3-2-4-8-14;1-3-2;2*1-2;;/h2-4,7-8,15-16H,5-6,9-13H2,1H3;1-2H3;2*1-2H3;2*1H. The molecule has 0 aromatic heterocycles. The van der Waals surface area contributed by atoms with Crippen LogP contribution in [0.1, 0.15) is 49.0 Å². The van der Waals surface area contributed by atoms with E-state index in [9.17, 15) is 0 Å². The predicted molar refractivity (Wildman–Crippen MR) is 112 cm³/mol. The average molecular weight is 347 g/mol. The fourth-order valence-electron chi connectivity index (χ4n) is 1.63. The normalized spacial score (nSPS) is 8.79. The van der Waals surface area contributed by atoms with Gasteiger partial charge in [-0.25, -0.2) is 0 Å². The summed E-state index contributed by atoms with van der Waals surface area (Å²) >= 11 is 0. The molecular weight excluding hydrogens is 300 g/mol. The van der Waals surface area contributed by atoms with Crippen LogP contribution in [0.15, 0.2) is 30.3 Å². The first kappa shape index (κ1) is 27.9. The Morgan fingerprint density at radius 2 is 1.33 bits per heavy atom. The van der Waals surface area contributed by atoms with Crippen molar-refractivity contribution in [1.29, 1.82) is 0 Å². The second-order valence-electron chi connectivity index (χ2n) is 4.52. The molecule has 0 atom stereocenters. The van der Waals surface area contributed by atoms with Gasteiger partial charge in [0.2, 0.25) is 0 Å². The Balaban J connectivity index is -0.000000144. The Hall–Kier alpha value is -0.940. The van der Waals surface area contributed by atoms with Gasteiger partial charge in [-0.15, -0.1) is 0 Å². The number of hydrogen-bond acceptors (Lipinski definition) is 4. The fourth-order valence-corrected chi connectivity index (χ4v) is 1.63. The summed E-state index contributed by atoms with van der Waals surface area (Å²) in [4.78, 5) is 0. The molecule has 0 bridgehead atoms. The summed E-state index contributed by atoms with van der Waals surface area (Å²) in [5, 5.41) is 6.83. The lowest BCUT2D eigenvalue weighted by Gasteiger charge is -2.06. The summed E-state index contributed by atoms with van der Waals surface area (Å²) < 4.78 is 9.25. The third-order valence-corrected chi connectivity index (χ3v) is 2.60. The number of rotatable bonds is 10. The molecule has 0 saturated heterocycles. The summed E-state index contributed by atoms with van der Waals surface area (Å²) in [5.74, 6) is 0. The average Bonchev–Trinajstić information content (AvgIpc) is 2.65. The molecule has 0 heterocycles. The largest absolute Gasteiger partial charge is 0.388 e. The first-order valence-corrected chi connectivity index (χ1v) is 9.19. The molecule has 0 aliphatic rings. The highest BCUT2D eigenvalue weighted by Crippen LogP contribution is 1.96. The molecule has 1 rings (SSSR count). The zero-order valence-electron chi connectivity index (χ0n) is 17.2. The maximum atomic E-state index is 5.00. The van der Waals surface area contributed by atoms with Crippen LogP contribution in [-0.4, -0.2) is 47.6 Å². The Kier molecular flexibility index (Phi) is 34.9. The first-order chi connectivity index (χ1) is 11.8. The third-order valence-electron chi connectivity index (χ3n) is 2.60. The van der Waals surface area contributed by atoms with Crippen LogP contribution in [0.2, 0.25) is 0 Å². The van der Waals surface area contributed by atoms with E-state index >= 15 is 0 Å². The van der Waals surface area contributed by atoms with Crippen molar-refractivity contribution in [2.45, 2.75) is 47.1 Å². The minimum Gasteiger partial charge on any atom is -0.388 e. The van der Waals surface area contributed by atoms with Crippen molar-refractivity contribution in [3.63, 3.8) is 0 Å². The van der Waals surface area contributed by atoms with Gasteiger partial charge in [-0.2, -0.15) is 0 Å². The van der Waals surface area contributed by atoms with Gasteiger partial charge in [0.15, 0.2) is 0 Å². The molecule has 0 aliphatic carbocycles. The molecule has 2 N–H and O–H groups in total. The van der Waals surface area contributed by atoms with Gasteiger partial charge in [-0.1, -0.05) is 58.0 Å². The van der Waals surface area contributed by atoms with Crippen LogP contribution in [0.3, 0.4) is 0 Å². The topological polar surface area (TPSA) is 42.5 Å². The van der Waals surface area contributed by atoms with Crippen LogP contribution >= 0.6 is 0 Å². The van der Waals surface area contributed by atoms with Gasteiger partial charge in [0.05, 0.1) is 0 Å². The maximum absolute atomic E-state index is 5.00. The van der Waals surface area contributed by atoms with Crippen LogP contribution < -0.4 is 10.6 Å². The second kappa shape index (κ2) is 30.0. The highest BCUT2D eigenvalue weighted by molar-refractivity contribution is 5.14. The van der Waals surface area contributed by atoms with Gasteiger partial charge in [0.25, 0.3) is 0 Å². The van der Waals surface area contributed by atoms with E-state index in [1.807, 2.05) is 33.8 Å². The molecule has 0 radical (unpaired) electrons. The summed E-state index contributed by atoms with van der Waals surface area (Å²) in [5.41, 5.74) is 1.34. The van der Waals surface area contributed by atoms with Crippen molar-refractivity contribution in [1.82, 2.24) is 10.6 Å². The number of methoxy groups -OCH3 is 2. The van der Waals surface area contributed by atoms with E-state index in [4.69, 9.17) is 4.74 Å². The minimum atomic E-state index is 0. The van der Waals surface area contributed by atoms with Crippen molar-refractivity contribution < 1.29 is 12.3 Å². The molecule has 1 aromatic rings. The molecule has 0 fully saturated rings. The Bertz CT molecular complexity index is 292. The monoisotopic (exact) mass is 346 g/mol. The van der Waals surface area contributed by atoms with Gasteiger partial charge in [0, 0.05) is 50.4 Å². The van der Waals surface area contributed by atoms with E-state index in [1.54, 1.807) is 21.3 Å². The first-order valence-electron chi connectivity index (χ1n) is 9.19. The summed E-state index contributed by atoms with van der Waals surface area (Å²) in [7, 11) is 5.00. The van der Waals surface area contributed by atoms with E-state index in [2.05, 4.69) is 39.6 Å². The maximum Gasteiger partial charge on any atom is 0.0462 e. The van der Waals surface area contributed by atoms with Crippen LogP contribution in [0.25, 0.3) is 0 Å². The molecule has 4 nitrogen and oxygen atoms in total. The second-order valence-corrected chi connectivity index (χ2v) is 4.52. The summed E-state index contributed by atoms with van der Waals surface area (Å²) in [6, 6.07) is 10.5. The molecule has 24 heavy (non-hydrogen) atoms. The van der Waals surface area contributed by atoms with Crippen LogP contribution in [0.5, 0.6) is 0 Å². The molecule has 1 aromatic carbocycles. The number of ether oxygens (including phenoxy) is 2. The summed E-state index contributed by atoms with van der Waals surface area (Å²) in [6.45, 7) is 12.9. The van der Waals surface area contributed by atoms with E-state index in [0.29, 0.717) is 0 Å².